The SMILES string of the molecule is C=C1OB(c2ccc(F)c(N)c2C)OC1(C)C. The first-order valence-electron chi connectivity index (χ1n) is 5.41. The van der Waals surface area contributed by atoms with Gasteiger partial charge in [0.2, 0.25) is 0 Å². The van der Waals surface area contributed by atoms with Crippen molar-refractivity contribution in [1.82, 2.24) is 0 Å². The van der Waals surface area contributed by atoms with Gasteiger partial charge < -0.3 is 15.0 Å². The zero-order valence-corrected chi connectivity index (χ0v) is 10.2. The number of benzene rings is 1. The number of rotatable bonds is 1. The molecule has 1 saturated heterocycles. The Bertz CT molecular complexity index is 488. The van der Waals surface area contributed by atoms with E-state index in [0.717, 1.165) is 5.46 Å². The molecule has 3 nitrogen and oxygen atoms in total. The number of nitrogen functional groups attached to an aromatic ring is 1. The first-order chi connectivity index (χ1) is 7.83. The van der Waals surface area contributed by atoms with E-state index in [-0.39, 0.29) is 5.69 Å². The van der Waals surface area contributed by atoms with E-state index in [2.05, 4.69) is 6.58 Å². The van der Waals surface area contributed by atoms with Crippen LogP contribution in [0.5, 0.6) is 0 Å². The summed E-state index contributed by atoms with van der Waals surface area (Å²) in [5, 5.41) is 0. The molecule has 0 bridgehead atoms. The van der Waals surface area contributed by atoms with Crippen LogP contribution in [0, 0.1) is 12.7 Å². The molecule has 0 aliphatic carbocycles. The minimum atomic E-state index is -0.569. The fourth-order valence-corrected chi connectivity index (χ4v) is 1.72. The van der Waals surface area contributed by atoms with Gasteiger partial charge in [0, 0.05) is 5.46 Å². The van der Waals surface area contributed by atoms with Crippen LogP contribution in [0.25, 0.3) is 0 Å². The summed E-state index contributed by atoms with van der Waals surface area (Å²) in [5.41, 5.74) is 6.60. The highest BCUT2D eigenvalue weighted by Gasteiger charge is 2.43. The Morgan fingerprint density at radius 3 is 2.59 bits per heavy atom. The van der Waals surface area contributed by atoms with Gasteiger partial charge in [-0.2, -0.15) is 0 Å². The second kappa shape index (κ2) is 3.77. The Kier molecular flexibility index (Phi) is 2.66. The first kappa shape index (κ1) is 12.0. The van der Waals surface area contributed by atoms with E-state index < -0.39 is 18.5 Å². The van der Waals surface area contributed by atoms with E-state index in [9.17, 15) is 4.39 Å². The largest absolute Gasteiger partial charge is 0.563 e. The van der Waals surface area contributed by atoms with Gasteiger partial charge in [-0.15, -0.1) is 0 Å². The van der Waals surface area contributed by atoms with Gasteiger partial charge >= 0.3 is 7.12 Å². The van der Waals surface area contributed by atoms with Crippen molar-refractivity contribution in [3.05, 3.63) is 35.9 Å². The second-order valence-corrected chi connectivity index (χ2v) is 4.68. The Morgan fingerprint density at radius 2 is 2.06 bits per heavy atom. The summed E-state index contributed by atoms with van der Waals surface area (Å²) in [5.74, 6) is 0.132. The third-order valence-electron chi connectivity index (χ3n) is 3.08. The molecule has 0 aromatic heterocycles. The van der Waals surface area contributed by atoms with Crippen LogP contribution in [-0.4, -0.2) is 12.7 Å². The topological polar surface area (TPSA) is 44.5 Å². The minimum Gasteiger partial charge on any atom is -0.534 e. The Hall–Kier alpha value is -1.49. The molecule has 0 radical (unpaired) electrons. The standard InChI is InChI=1S/C12H15BFNO2/c1-7-9(5-6-10(14)11(7)15)13-16-8(2)12(3,4)17-13/h5-6H,2,15H2,1,3-4H3. The summed E-state index contributed by atoms with van der Waals surface area (Å²) in [6.45, 7) is 9.29. The van der Waals surface area contributed by atoms with Gasteiger partial charge in [0.1, 0.15) is 11.4 Å². The molecule has 1 aromatic carbocycles. The van der Waals surface area contributed by atoms with Crippen LogP contribution < -0.4 is 11.2 Å². The van der Waals surface area contributed by atoms with Crippen molar-refractivity contribution in [1.29, 1.82) is 0 Å². The summed E-state index contributed by atoms with van der Waals surface area (Å²) in [6, 6.07) is 2.94. The Morgan fingerprint density at radius 1 is 1.41 bits per heavy atom. The van der Waals surface area contributed by atoms with Crippen LogP contribution in [0.3, 0.4) is 0 Å². The number of halogens is 1. The molecule has 1 fully saturated rings. The van der Waals surface area contributed by atoms with Crippen LogP contribution in [0.4, 0.5) is 10.1 Å². The van der Waals surface area contributed by atoms with Crippen LogP contribution in [0.2, 0.25) is 0 Å². The lowest BCUT2D eigenvalue weighted by molar-refractivity contribution is 0.173. The van der Waals surface area contributed by atoms with Gasteiger partial charge in [0.15, 0.2) is 0 Å². The van der Waals surface area contributed by atoms with E-state index in [1.165, 1.54) is 6.07 Å². The quantitative estimate of drug-likeness (QED) is 0.595. The molecular weight excluding hydrogens is 220 g/mol. The van der Waals surface area contributed by atoms with Gasteiger partial charge in [0.25, 0.3) is 0 Å². The highest BCUT2D eigenvalue weighted by molar-refractivity contribution is 6.63. The van der Waals surface area contributed by atoms with Gasteiger partial charge in [-0.1, -0.05) is 12.6 Å². The average molecular weight is 235 g/mol. The summed E-state index contributed by atoms with van der Waals surface area (Å²) < 4.78 is 24.5. The highest BCUT2D eigenvalue weighted by atomic mass is 19.1. The molecule has 2 N–H and O–H groups in total. The fourth-order valence-electron chi connectivity index (χ4n) is 1.72. The predicted molar refractivity (Wildman–Crippen MR) is 66.3 cm³/mol. The summed E-state index contributed by atoms with van der Waals surface area (Å²) in [7, 11) is -0.569. The number of hydrogen-bond donors (Lipinski definition) is 1. The second-order valence-electron chi connectivity index (χ2n) is 4.68. The third-order valence-corrected chi connectivity index (χ3v) is 3.08. The molecule has 1 aliphatic rings. The van der Waals surface area contributed by atoms with Crippen molar-refractivity contribution in [3.63, 3.8) is 0 Å². The van der Waals surface area contributed by atoms with Crippen LogP contribution >= 0.6 is 0 Å². The minimum absolute atomic E-state index is 0.130. The van der Waals surface area contributed by atoms with Crippen molar-refractivity contribution in [3.8, 4) is 0 Å². The maximum Gasteiger partial charge on any atom is 0.563 e. The molecule has 2 rings (SSSR count). The van der Waals surface area contributed by atoms with Gasteiger partial charge in [-0.25, -0.2) is 4.39 Å². The van der Waals surface area contributed by atoms with Gasteiger partial charge in [-0.3, -0.25) is 0 Å². The molecule has 1 heterocycles. The smallest absolute Gasteiger partial charge is 0.534 e. The monoisotopic (exact) mass is 235 g/mol. The predicted octanol–water partition coefficient (Wildman–Crippen LogP) is 1.75. The van der Waals surface area contributed by atoms with Crippen molar-refractivity contribution in [2.24, 2.45) is 0 Å². The first-order valence-corrected chi connectivity index (χ1v) is 5.41. The lowest BCUT2D eigenvalue weighted by Gasteiger charge is -2.16. The molecule has 0 saturated carbocycles. The Balaban J connectivity index is 2.38. The molecule has 90 valence electrons. The molecule has 5 heteroatoms. The summed E-state index contributed by atoms with van der Waals surface area (Å²) in [6.07, 6.45) is 0. The zero-order chi connectivity index (χ0) is 12.8. The molecule has 0 amide bonds. The fraction of sp³-hybridized carbons (Fsp3) is 0.333. The van der Waals surface area contributed by atoms with E-state index >= 15 is 0 Å². The average Bonchev–Trinajstić information content (AvgIpc) is 2.50. The van der Waals surface area contributed by atoms with E-state index in [4.69, 9.17) is 15.0 Å². The number of nitrogens with two attached hydrogens (primary N) is 1. The van der Waals surface area contributed by atoms with E-state index in [1.54, 1.807) is 13.0 Å². The maximum absolute atomic E-state index is 13.3. The molecule has 1 aliphatic heterocycles. The third kappa shape index (κ3) is 1.91. The Labute approximate surface area is 101 Å². The molecule has 0 spiro atoms. The molecule has 1 aromatic rings. The van der Waals surface area contributed by atoms with Crippen molar-refractivity contribution < 1.29 is 13.7 Å². The zero-order valence-electron chi connectivity index (χ0n) is 10.2. The molecule has 0 atom stereocenters. The van der Waals surface area contributed by atoms with Crippen LogP contribution in [0.15, 0.2) is 24.5 Å². The maximum atomic E-state index is 13.3. The molecular formula is C12H15BFNO2. The summed E-state index contributed by atoms with van der Waals surface area (Å²) in [4.78, 5) is 0. The highest BCUT2D eigenvalue weighted by Crippen LogP contribution is 2.30. The summed E-state index contributed by atoms with van der Waals surface area (Å²) >= 11 is 0. The molecule has 0 unspecified atom stereocenters. The number of hydrogen-bond acceptors (Lipinski definition) is 3. The molecule has 17 heavy (non-hydrogen) atoms. The number of anilines is 1. The van der Waals surface area contributed by atoms with Gasteiger partial charge in [-0.05, 0) is 32.4 Å². The van der Waals surface area contributed by atoms with Gasteiger partial charge in [0.05, 0.1) is 11.4 Å². The normalized spacial score (nSPS) is 18.4. The van der Waals surface area contributed by atoms with Crippen molar-refractivity contribution in [2.75, 3.05) is 5.73 Å². The van der Waals surface area contributed by atoms with Crippen molar-refractivity contribution in [2.45, 2.75) is 26.4 Å². The lowest BCUT2D eigenvalue weighted by Crippen LogP contribution is -2.36. The van der Waals surface area contributed by atoms with E-state index in [1.807, 2.05) is 13.8 Å². The lowest BCUT2D eigenvalue weighted by atomic mass is 9.76. The van der Waals surface area contributed by atoms with Crippen molar-refractivity contribution >= 4 is 18.3 Å². The van der Waals surface area contributed by atoms with Crippen LogP contribution in [-0.2, 0) is 9.31 Å². The van der Waals surface area contributed by atoms with E-state index in [0.29, 0.717) is 11.3 Å². The van der Waals surface area contributed by atoms with Crippen LogP contribution in [0.1, 0.15) is 19.4 Å².